The molecule has 1 aliphatic heterocycles. The number of ether oxygens (including phenoxy) is 2. The van der Waals surface area contributed by atoms with E-state index in [1.165, 1.54) is 0 Å². The lowest BCUT2D eigenvalue weighted by atomic mass is 10.2. The summed E-state index contributed by atoms with van der Waals surface area (Å²) in [4.78, 5) is 23.3. The van der Waals surface area contributed by atoms with Crippen molar-refractivity contribution < 1.29 is 19.1 Å². The molecule has 2 atom stereocenters. The molecule has 0 radical (unpaired) electrons. The van der Waals surface area contributed by atoms with E-state index in [2.05, 4.69) is 16.0 Å². The third-order valence-electron chi connectivity index (χ3n) is 4.14. The number of carbonyl (C=O) groups is 2. The summed E-state index contributed by atoms with van der Waals surface area (Å²) in [5, 5.41) is 9.19. The van der Waals surface area contributed by atoms with Crippen molar-refractivity contribution >= 4 is 23.4 Å². The lowest BCUT2D eigenvalue weighted by molar-refractivity contribution is -0.118. The van der Waals surface area contributed by atoms with Crippen LogP contribution in [-0.4, -0.2) is 36.3 Å². The Morgan fingerprint density at radius 2 is 2.04 bits per heavy atom. The van der Waals surface area contributed by atoms with Crippen LogP contribution < -0.4 is 20.7 Å². The molecule has 2 aliphatic rings. The molecule has 1 fully saturated rings. The number of amides is 2. The van der Waals surface area contributed by atoms with Crippen molar-refractivity contribution in [2.24, 2.45) is 0 Å². The first-order valence-electron chi connectivity index (χ1n) is 8.61. The first-order chi connectivity index (χ1) is 11.8. The Bertz CT molecular complexity index is 669. The summed E-state index contributed by atoms with van der Waals surface area (Å²) in [6.07, 6.45) is 2.33. The maximum atomic E-state index is 11.9. The highest BCUT2D eigenvalue weighted by Gasteiger charge is 2.28. The van der Waals surface area contributed by atoms with E-state index in [-0.39, 0.29) is 30.7 Å². The molecule has 7 nitrogen and oxygen atoms in total. The second-order valence-electron chi connectivity index (χ2n) is 7.55. The van der Waals surface area contributed by atoms with Gasteiger partial charge >= 0.3 is 6.09 Å². The highest BCUT2D eigenvalue weighted by molar-refractivity contribution is 5.96. The summed E-state index contributed by atoms with van der Waals surface area (Å²) in [7, 11) is 0. The van der Waals surface area contributed by atoms with Crippen molar-refractivity contribution in [1.82, 2.24) is 5.32 Å². The normalized spacial score (nSPS) is 22.4. The zero-order chi connectivity index (χ0) is 18.0. The van der Waals surface area contributed by atoms with Gasteiger partial charge in [-0.3, -0.25) is 4.79 Å². The Balaban J connectivity index is 1.52. The van der Waals surface area contributed by atoms with Crippen molar-refractivity contribution in [1.29, 1.82) is 0 Å². The molecule has 136 valence electrons. The van der Waals surface area contributed by atoms with Crippen LogP contribution in [0.25, 0.3) is 0 Å². The molecule has 1 aromatic carbocycles. The molecule has 25 heavy (non-hydrogen) atoms. The van der Waals surface area contributed by atoms with Gasteiger partial charge in [0.05, 0.1) is 5.69 Å². The van der Waals surface area contributed by atoms with Gasteiger partial charge in [-0.2, -0.15) is 0 Å². The molecule has 1 heterocycles. The van der Waals surface area contributed by atoms with Crippen LogP contribution in [0, 0.1) is 0 Å². The molecular formula is C18H25N3O4. The second-order valence-corrected chi connectivity index (χ2v) is 7.55. The van der Waals surface area contributed by atoms with Gasteiger partial charge in [-0.05, 0) is 58.2 Å². The molecule has 3 rings (SSSR count). The number of rotatable bonds is 3. The Morgan fingerprint density at radius 1 is 1.28 bits per heavy atom. The van der Waals surface area contributed by atoms with Crippen LogP contribution >= 0.6 is 0 Å². The maximum Gasteiger partial charge on any atom is 0.407 e. The van der Waals surface area contributed by atoms with Crippen LogP contribution in [0.4, 0.5) is 16.2 Å². The predicted octanol–water partition coefficient (Wildman–Crippen LogP) is 2.88. The number of hydrogen-bond donors (Lipinski definition) is 3. The van der Waals surface area contributed by atoms with Gasteiger partial charge < -0.3 is 25.4 Å². The molecule has 0 bridgehead atoms. The van der Waals surface area contributed by atoms with Gasteiger partial charge in [0.1, 0.15) is 11.4 Å². The topological polar surface area (TPSA) is 88.7 Å². The summed E-state index contributed by atoms with van der Waals surface area (Å²) < 4.78 is 10.7. The standard InChI is InChI=1S/C18H25N3O4/c1-18(2,3)25-17(23)20-12-5-4-11(8-12)19-13-6-7-15-14(9-13)21-16(22)10-24-15/h6-7,9,11-12,19H,4-5,8,10H2,1-3H3,(H,20,23)(H,21,22). The van der Waals surface area contributed by atoms with Crippen molar-refractivity contribution in [3.63, 3.8) is 0 Å². The van der Waals surface area contributed by atoms with E-state index in [0.717, 1.165) is 24.9 Å². The van der Waals surface area contributed by atoms with Crippen LogP contribution in [0.2, 0.25) is 0 Å². The SMILES string of the molecule is CC(C)(C)OC(=O)NC1CCC(Nc2ccc3c(c2)NC(=O)CO3)C1. The molecular weight excluding hydrogens is 322 g/mol. The van der Waals surface area contributed by atoms with Crippen LogP contribution in [0.5, 0.6) is 5.75 Å². The van der Waals surface area contributed by atoms with E-state index in [0.29, 0.717) is 11.4 Å². The van der Waals surface area contributed by atoms with Crippen molar-refractivity contribution in [3.8, 4) is 5.75 Å². The summed E-state index contributed by atoms with van der Waals surface area (Å²) >= 11 is 0. The summed E-state index contributed by atoms with van der Waals surface area (Å²) in [6.45, 7) is 5.61. The molecule has 2 unspecified atom stereocenters. The van der Waals surface area contributed by atoms with E-state index >= 15 is 0 Å². The Labute approximate surface area is 147 Å². The minimum atomic E-state index is -0.490. The Hall–Kier alpha value is -2.44. The largest absolute Gasteiger partial charge is 0.482 e. The van der Waals surface area contributed by atoms with Gasteiger partial charge in [0.25, 0.3) is 5.91 Å². The molecule has 3 N–H and O–H groups in total. The zero-order valence-corrected chi connectivity index (χ0v) is 14.8. The second kappa shape index (κ2) is 6.82. The van der Waals surface area contributed by atoms with E-state index in [4.69, 9.17) is 9.47 Å². The molecule has 7 heteroatoms. The highest BCUT2D eigenvalue weighted by atomic mass is 16.6. The molecule has 0 aromatic heterocycles. The molecule has 0 saturated heterocycles. The average molecular weight is 347 g/mol. The average Bonchev–Trinajstić information content (AvgIpc) is 2.91. The summed E-state index contributed by atoms with van der Waals surface area (Å²) in [5.74, 6) is 0.535. The first-order valence-corrected chi connectivity index (χ1v) is 8.61. The predicted molar refractivity (Wildman–Crippen MR) is 95.0 cm³/mol. The van der Waals surface area contributed by atoms with Crippen LogP contribution in [0.15, 0.2) is 18.2 Å². The first kappa shape index (κ1) is 17.4. The molecule has 1 aliphatic carbocycles. The number of fused-ring (bicyclic) bond motifs is 1. The quantitative estimate of drug-likeness (QED) is 0.782. The van der Waals surface area contributed by atoms with Gasteiger partial charge in [-0.1, -0.05) is 0 Å². The maximum absolute atomic E-state index is 11.9. The van der Waals surface area contributed by atoms with E-state index in [1.54, 1.807) is 0 Å². The fraction of sp³-hybridized carbons (Fsp3) is 0.556. The number of nitrogens with one attached hydrogen (secondary N) is 3. The van der Waals surface area contributed by atoms with E-state index in [1.807, 2.05) is 39.0 Å². The molecule has 1 saturated carbocycles. The number of anilines is 2. The number of alkyl carbamates (subject to hydrolysis) is 1. The van der Waals surface area contributed by atoms with Crippen molar-refractivity contribution in [2.45, 2.75) is 57.7 Å². The zero-order valence-electron chi connectivity index (χ0n) is 14.8. The van der Waals surface area contributed by atoms with Gasteiger partial charge in [0.15, 0.2) is 6.61 Å². The highest BCUT2D eigenvalue weighted by Crippen LogP contribution is 2.32. The smallest absolute Gasteiger partial charge is 0.407 e. The molecule has 1 aromatic rings. The Kier molecular flexibility index (Phi) is 4.74. The van der Waals surface area contributed by atoms with Crippen LogP contribution in [0.1, 0.15) is 40.0 Å². The third-order valence-corrected chi connectivity index (χ3v) is 4.14. The van der Waals surface area contributed by atoms with E-state index < -0.39 is 5.60 Å². The minimum absolute atomic E-state index is 0.0560. The molecule has 2 amide bonds. The Morgan fingerprint density at radius 3 is 2.80 bits per heavy atom. The summed E-state index contributed by atoms with van der Waals surface area (Å²) in [5.41, 5.74) is 1.12. The van der Waals surface area contributed by atoms with Crippen LogP contribution in [0.3, 0.4) is 0 Å². The fourth-order valence-corrected chi connectivity index (χ4v) is 3.13. The lowest BCUT2D eigenvalue weighted by Gasteiger charge is -2.22. The van der Waals surface area contributed by atoms with Gasteiger partial charge in [-0.25, -0.2) is 4.79 Å². The fourth-order valence-electron chi connectivity index (χ4n) is 3.13. The summed E-state index contributed by atoms with van der Waals surface area (Å²) in [6, 6.07) is 6.03. The van der Waals surface area contributed by atoms with Gasteiger partial charge in [0.2, 0.25) is 0 Å². The molecule has 0 spiro atoms. The third kappa shape index (κ3) is 4.78. The number of carbonyl (C=O) groups excluding carboxylic acids is 2. The van der Waals surface area contributed by atoms with Gasteiger partial charge in [-0.15, -0.1) is 0 Å². The van der Waals surface area contributed by atoms with Gasteiger partial charge in [0, 0.05) is 17.8 Å². The number of hydrogen-bond acceptors (Lipinski definition) is 5. The monoisotopic (exact) mass is 347 g/mol. The minimum Gasteiger partial charge on any atom is -0.482 e. The van der Waals surface area contributed by atoms with Crippen molar-refractivity contribution in [2.75, 3.05) is 17.2 Å². The van der Waals surface area contributed by atoms with Crippen LogP contribution in [-0.2, 0) is 9.53 Å². The van der Waals surface area contributed by atoms with E-state index in [9.17, 15) is 9.59 Å². The lowest BCUT2D eigenvalue weighted by Crippen LogP contribution is -2.38. The number of benzene rings is 1. The van der Waals surface area contributed by atoms with Crippen molar-refractivity contribution in [3.05, 3.63) is 18.2 Å².